The number of ether oxygens (including phenoxy) is 1. The Morgan fingerprint density at radius 1 is 1.15 bits per heavy atom. The average Bonchev–Trinajstić information content (AvgIpc) is 2.75. The van der Waals surface area contributed by atoms with Crippen molar-refractivity contribution < 1.29 is 35.9 Å². The molecule has 34 heavy (non-hydrogen) atoms. The Morgan fingerprint density at radius 2 is 1.85 bits per heavy atom. The first kappa shape index (κ1) is 25.6. The van der Waals surface area contributed by atoms with Crippen molar-refractivity contribution in [3.8, 4) is 0 Å². The van der Waals surface area contributed by atoms with E-state index in [1.54, 1.807) is 0 Å². The highest BCUT2D eigenvalue weighted by Crippen LogP contribution is 2.29. The van der Waals surface area contributed by atoms with Gasteiger partial charge in [0.25, 0.3) is 5.91 Å². The molecule has 3 rings (SSSR count). The maximum atomic E-state index is 13.3. The number of nitrogens with two attached hydrogens (primary N) is 1. The van der Waals surface area contributed by atoms with E-state index < -0.39 is 43.0 Å². The quantitative estimate of drug-likeness (QED) is 0.450. The number of fused-ring (bicyclic) bond motifs is 1. The van der Waals surface area contributed by atoms with Crippen LogP contribution in [0.5, 0.6) is 0 Å². The topological polar surface area (TPSA) is 94.2 Å². The molecule has 0 saturated carbocycles. The number of alkyl halides is 6. The lowest BCUT2D eigenvalue weighted by molar-refractivity contribution is -0.215. The molecule has 14 heteroatoms. The summed E-state index contributed by atoms with van der Waals surface area (Å²) < 4.78 is 83.3. The molecule has 0 saturated heterocycles. The van der Waals surface area contributed by atoms with Gasteiger partial charge in [-0.15, -0.1) is 0 Å². The third-order valence-electron chi connectivity index (χ3n) is 4.72. The molecular weight excluding hydrogens is 536 g/mol. The molecule has 0 aromatic carbocycles. The maximum Gasteiger partial charge on any atom is 0.417 e. The van der Waals surface area contributed by atoms with E-state index in [9.17, 15) is 31.1 Å². The number of rotatable bonds is 6. The number of hydrogen-bond donors (Lipinski definition) is 1. The van der Waals surface area contributed by atoms with Gasteiger partial charge >= 0.3 is 12.4 Å². The lowest BCUT2D eigenvalue weighted by atomic mass is 10.1. The highest BCUT2D eigenvalue weighted by molar-refractivity contribution is 9.10. The minimum Gasteiger partial charge on any atom is -0.383 e. The molecule has 2 N–H and O–H groups in total. The van der Waals surface area contributed by atoms with Crippen LogP contribution in [-0.2, 0) is 17.5 Å². The summed E-state index contributed by atoms with van der Waals surface area (Å²) in [7, 11) is 0.836. The second-order valence-electron chi connectivity index (χ2n) is 7.11. The zero-order valence-corrected chi connectivity index (χ0v) is 18.9. The molecule has 0 aliphatic carbocycles. The first-order valence-corrected chi connectivity index (χ1v) is 10.2. The Labute approximate surface area is 197 Å². The monoisotopic (exact) mass is 551 g/mol. The van der Waals surface area contributed by atoms with Gasteiger partial charge in [-0.1, -0.05) is 0 Å². The summed E-state index contributed by atoms with van der Waals surface area (Å²) in [5.41, 5.74) is 4.74. The second-order valence-corrected chi connectivity index (χ2v) is 7.97. The van der Waals surface area contributed by atoms with E-state index in [1.807, 2.05) is 0 Å². The van der Waals surface area contributed by atoms with Gasteiger partial charge in [0, 0.05) is 24.9 Å². The summed E-state index contributed by atoms with van der Waals surface area (Å²) in [6, 6.07) is 4.62. The molecule has 1 atom stereocenters. The van der Waals surface area contributed by atoms with Crippen molar-refractivity contribution in [1.29, 1.82) is 0 Å². The number of carbonyl (C=O) groups excluding carboxylic acids is 1. The highest BCUT2D eigenvalue weighted by atomic mass is 79.9. The van der Waals surface area contributed by atoms with E-state index in [4.69, 9.17) is 5.73 Å². The van der Waals surface area contributed by atoms with Crippen molar-refractivity contribution in [2.45, 2.75) is 25.0 Å². The standard InChI is InChI=1S/C20H16BrF6N5O2/c1-34-15(20(25,26)27)9-32(8-13-3-2-12(7-29-13)19(22,23)24)18(33)11-4-10-5-14(21)16(28)31-17(10)30-6-11/h2-7,15H,8-9H2,1H3,(H2,28,30,31). The van der Waals surface area contributed by atoms with Gasteiger partial charge in [0.1, 0.15) is 5.82 Å². The van der Waals surface area contributed by atoms with E-state index in [2.05, 4.69) is 35.6 Å². The van der Waals surface area contributed by atoms with E-state index in [1.165, 1.54) is 12.1 Å². The molecule has 0 radical (unpaired) electrons. The van der Waals surface area contributed by atoms with Crippen LogP contribution in [0.15, 0.2) is 41.1 Å². The number of pyridine rings is 3. The molecule has 0 spiro atoms. The Bertz CT molecular complexity index is 1190. The van der Waals surface area contributed by atoms with Crippen LogP contribution >= 0.6 is 15.9 Å². The summed E-state index contributed by atoms with van der Waals surface area (Å²) >= 11 is 3.19. The van der Waals surface area contributed by atoms with E-state index in [-0.39, 0.29) is 22.7 Å². The molecule has 1 amide bonds. The number of hydrogen-bond acceptors (Lipinski definition) is 6. The third kappa shape index (κ3) is 5.91. The SMILES string of the molecule is COC(CN(Cc1ccc(C(F)(F)F)cn1)C(=O)c1cnc2nc(N)c(Br)cc2c1)C(F)(F)F. The van der Waals surface area contributed by atoms with Crippen molar-refractivity contribution in [2.75, 3.05) is 19.4 Å². The van der Waals surface area contributed by atoms with Gasteiger partial charge in [0.05, 0.1) is 34.4 Å². The van der Waals surface area contributed by atoms with Crippen molar-refractivity contribution in [1.82, 2.24) is 19.9 Å². The van der Waals surface area contributed by atoms with Gasteiger partial charge < -0.3 is 15.4 Å². The van der Waals surface area contributed by atoms with Crippen LogP contribution in [0, 0.1) is 0 Å². The molecule has 1 unspecified atom stereocenters. The number of halogens is 7. The Kier molecular flexibility index (Phi) is 7.31. The summed E-state index contributed by atoms with van der Waals surface area (Å²) in [6.45, 7) is -1.43. The lowest BCUT2D eigenvalue weighted by Crippen LogP contribution is -2.44. The molecular formula is C20H16BrF6N5O2. The molecule has 3 aromatic heterocycles. The largest absolute Gasteiger partial charge is 0.417 e. The smallest absolute Gasteiger partial charge is 0.383 e. The summed E-state index contributed by atoms with van der Waals surface area (Å²) in [6.07, 6.45) is -10.1. The van der Waals surface area contributed by atoms with Gasteiger partial charge in [-0.2, -0.15) is 26.3 Å². The Morgan fingerprint density at radius 3 is 2.41 bits per heavy atom. The van der Waals surface area contributed by atoms with E-state index in [0.29, 0.717) is 16.1 Å². The first-order valence-electron chi connectivity index (χ1n) is 9.42. The van der Waals surface area contributed by atoms with Gasteiger partial charge in [-0.25, -0.2) is 9.97 Å². The minimum atomic E-state index is -4.80. The minimum absolute atomic E-state index is 0.0516. The van der Waals surface area contributed by atoms with Gasteiger partial charge in [-0.05, 0) is 40.2 Å². The molecule has 0 aliphatic rings. The zero-order chi connectivity index (χ0) is 25.3. The fourth-order valence-electron chi connectivity index (χ4n) is 2.96. The summed E-state index contributed by atoms with van der Waals surface area (Å²) in [5.74, 6) is -0.711. The molecule has 0 aliphatic heterocycles. The van der Waals surface area contributed by atoms with Gasteiger partial charge in [-0.3, -0.25) is 9.78 Å². The van der Waals surface area contributed by atoms with Crippen LogP contribution in [0.1, 0.15) is 21.6 Å². The lowest BCUT2D eigenvalue weighted by Gasteiger charge is -2.28. The van der Waals surface area contributed by atoms with Crippen LogP contribution in [0.25, 0.3) is 11.0 Å². The molecule has 0 bridgehead atoms. The molecule has 3 heterocycles. The predicted molar refractivity (Wildman–Crippen MR) is 112 cm³/mol. The Hall–Kier alpha value is -3.00. The normalized spacial score (nSPS) is 13.2. The number of aromatic nitrogens is 3. The van der Waals surface area contributed by atoms with Crippen molar-refractivity contribution in [2.24, 2.45) is 0 Å². The molecule has 7 nitrogen and oxygen atoms in total. The van der Waals surface area contributed by atoms with Crippen LogP contribution in [0.3, 0.4) is 0 Å². The number of carbonyl (C=O) groups is 1. The van der Waals surface area contributed by atoms with Gasteiger partial charge in [0.2, 0.25) is 0 Å². The number of methoxy groups -OCH3 is 1. The number of amides is 1. The number of nitrogens with zero attached hydrogens (tertiary/aromatic N) is 4. The van der Waals surface area contributed by atoms with Crippen molar-refractivity contribution >= 4 is 38.7 Å². The fourth-order valence-corrected chi connectivity index (χ4v) is 3.30. The van der Waals surface area contributed by atoms with E-state index >= 15 is 0 Å². The first-order chi connectivity index (χ1) is 15.8. The number of anilines is 1. The fraction of sp³-hybridized carbons (Fsp3) is 0.300. The molecule has 3 aromatic rings. The molecule has 182 valence electrons. The molecule has 0 fully saturated rings. The zero-order valence-electron chi connectivity index (χ0n) is 17.3. The second kappa shape index (κ2) is 9.70. The van der Waals surface area contributed by atoms with Crippen LogP contribution in [0.2, 0.25) is 0 Å². The van der Waals surface area contributed by atoms with E-state index in [0.717, 1.165) is 30.3 Å². The van der Waals surface area contributed by atoms with Crippen LogP contribution < -0.4 is 5.73 Å². The third-order valence-corrected chi connectivity index (χ3v) is 5.36. The maximum absolute atomic E-state index is 13.3. The number of nitrogen functional groups attached to an aromatic ring is 1. The van der Waals surface area contributed by atoms with Crippen molar-refractivity contribution in [3.05, 3.63) is 58.0 Å². The van der Waals surface area contributed by atoms with Crippen molar-refractivity contribution in [3.63, 3.8) is 0 Å². The van der Waals surface area contributed by atoms with Gasteiger partial charge in [0.15, 0.2) is 11.8 Å². The Balaban J connectivity index is 1.96. The summed E-state index contributed by atoms with van der Waals surface area (Å²) in [4.78, 5) is 25.6. The van der Waals surface area contributed by atoms with Crippen LogP contribution in [-0.4, -0.2) is 51.7 Å². The average molecular weight is 552 g/mol. The highest BCUT2D eigenvalue weighted by Gasteiger charge is 2.42. The predicted octanol–water partition coefficient (Wildman–Crippen LogP) is 4.61. The summed E-state index contributed by atoms with van der Waals surface area (Å²) in [5, 5.41) is 0.388. The van der Waals surface area contributed by atoms with Crippen LogP contribution in [0.4, 0.5) is 32.2 Å².